The van der Waals surface area contributed by atoms with Crippen LogP contribution >= 0.6 is 11.3 Å². The van der Waals surface area contributed by atoms with Gasteiger partial charge in [-0.25, -0.2) is 0 Å². The zero-order valence-corrected chi connectivity index (χ0v) is 10.1. The predicted octanol–water partition coefficient (Wildman–Crippen LogP) is 4.04. The number of benzene rings is 1. The molecule has 2 rings (SSSR count). The molecule has 1 atom stereocenters. The van der Waals surface area contributed by atoms with Crippen molar-refractivity contribution in [2.75, 3.05) is 0 Å². The molecular formula is C13H11F3OS. The van der Waals surface area contributed by atoms with Gasteiger partial charge in [-0.15, -0.1) is 0 Å². The fourth-order valence-corrected chi connectivity index (χ4v) is 2.47. The van der Waals surface area contributed by atoms with E-state index in [1.165, 1.54) is 29.5 Å². The standard InChI is InChI=1S/C13H11F3OS/c14-13(15,16)11-4-2-1-3-10(11)12(17)7-9-5-6-18-8-9/h1-6,8,12,17H,7H2. The van der Waals surface area contributed by atoms with E-state index in [4.69, 9.17) is 0 Å². The molecule has 1 unspecified atom stereocenters. The maximum absolute atomic E-state index is 12.8. The van der Waals surface area contributed by atoms with Crippen LogP contribution in [0.1, 0.15) is 22.8 Å². The van der Waals surface area contributed by atoms with Gasteiger partial charge in [-0.05, 0) is 34.0 Å². The summed E-state index contributed by atoms with van der Waals surface area (Å²) in [6.45, 7) is 0. The van der Waals surface area contributed by atoms with E-state index in [-0.39, 0.29) is 12.0 Å². The van der Waals surface area contributed by atoms with Gasteiger partial charge in [-0.3, -0.25) is 0 Å². The monoisotopic (exact) mass is 272 g/mol. The molecule has 2 aromatic rings. The van der Waals surface area contributed by atoms with Crippen LogP contribution in [0.25, 0.3) is 0 Å². The Balaban J connectivity index is 2.27. The van der Waals surface area contributed by atoms with E-state index >= 15 is 0 Å². The summed E-state index contributed by atoms with van der Waals surface area (Å²) >= 11 is 1.45. The number of rotatable bonds is 3. The number of thiophene rings is 1. The van der Waals surface area contributed by atoms with Crippen LogP contribution in [0.15, 0.2) is 41.1 Å². The molecule has 1 aromatic carbocycles. The molecule has 1 nitrogen and oxygen atoms in total. The van der Waals surface area contributed by atoms with Crippen LogP contribution in [0.2, 0.25) is 0 Å². The minimum absolute atomic E-state index is 0.0730. The molecule has 0 saturated carbocycles. The first kappa shape index (κ1) is 13.1. The molecule has 0 aliphatic carbocycles. The fraction of sp³-hybridized carbons (Fsp3) is 0.231. The first-order valence-electron chi connectivity index (χ1n) is 5.34. The van der Waals surface area contributed by atoms with Gasteiger partial charge >= 0.3 is 6.18 Å². The maximum atomic E-state index is 12.8. The second-order valence-corrected chi connectivity index (χ2v) is 4.72. The van der Waals surface area contributed by atoms with Crippen molar-refractivity contribution in [3.8, 4) is 0 Å². The van der Waals surface area contributed by atoms with Crippen molar-refractivity contribution in [1.29, 1.82) is 0 Å². The summed E-state index contributed by atoms with van der Waals surface area (Å²) < 4.78 is 38.3. The number of alkyl halides is 3. The molecule has 18 heavy (non-hydrogen) atoms. The van der Waals surface area contributed by atoms with Crippen molar-refractivity contribution in [2.24, 2.45) is 0 Å². The summed E-state index contributed by atoms with van der Waals surface area (Å²) in [5.74, 6) is 0. The van der Waals surface area contributed by atoms with E-state index in [0.717, 1.165) is 11.6 Å². The topological polar surface area (TPSA) is 20.2 Å². The molecule has 1 N–H and O–H groups in total. The van der Waals surface area contributed by atoms with Crippen molar-refractivity contribution >= 4 is 11.3 Å². The van der Waals surface area contributed by atoms with Crippen molar-refractivity contribution in [3.63, 3.8) is 0 Å². The van der Waals surface area contributed by atoms with Gasteiger partial charge in [0.2, 0.25) is 0 Å². The average molecular weight is 272 g/mol. The van der Waals surface area contributed by atoms with E-state index in [1.54, 1.807) is 6.07 Å². The van der Waals surface area contributed by atoms with Crippen molar-refractivity contribution in [3.05, 3.63) is 57.8 Å². The van der Waals surface area contributed by atoms with Crippen molar-refractivity contribution in [1.82, 2.24) is 0 Å². The van der Waals surface area contributed by atoms with Crippen LogP contribution in [-0.2, 0) is 12.6 Å². The molecule has 0 saturated heterocycles. The lowest BCUT2D eigenvalue weighted by Gasteiger charge is -2.17. The Hall–Kier alpha value is -1.33. The smallest absolute Gasteiger partial charge is 0.388 e. The highest BCUT2D eigenvalue weighted by Gasteiger charge is 2.34. The number of aliphatic hydroxyl groups is 1. The first-order valence-corrected chi connectivity index (χ1v) is 6.28. The molecule has 1 aromatic heterocycles. The summed E-state index contributed by atoms with van der Waals surface area (Å²) in [6, 6.07) is 6.93. The molecule has 0 aliphatic rings. The molecular weight excluding hydrogens is 261 g/mol. The minimum atomic E-state index is -4.44. The number of halogens is 3. The third-order valence-corrected chi connectivity index (χ3v) is 3.37. The van der Waals surface area contributed by atoms with Gasteiger partial charge in [0.25, 0.3) is 0 Å². The molecule has 0 radical (unpaired) electrons. The Morgan fingerprint density at radius 3 is 2.50 bits per heavy atom. The van der Waals surface area contributed by atoms with E-state index in [9.17, 15) is 18.3 Å². The predicted molar refractivity (Wildman–Crippen MR) is 64.4 cm³/mol. The molecule has 0 amide bonds. The normalized spacial score (nSPS) is 13.6. The summed E-state index contributed by atoms with van der Waals surface area (Å²) in [5.41, 5.74) is -0.00610. The highest BCUT2D eigenvalue weighted by molar-refractivity contribution is 7.07. The molecule has 0 bridgehead atoms. The minimum Gasteiger partial charge on any atom is -0.388 e. The molecule has 0 spiro atoms. The summed E-state index contributed by atoms with van der Waals surface area (Å²) in [7, 11) is 0. The van der Waals surface area contributed by atoms with Gasteiger partial charge in [-0.2, -0.15) is 24.5 Å². The van der Waals surface area contributed by atoms with E-state index < -0.39 is 17.8 Å². The Morgan fingerprint density at radius 2 is 1.89 bits per heavy atom. The molecule has 0 fully saturated rings. The first-order chi connectivity index (χ1) is 8.48. The van der Waals surface area contributed by atoms with Crippen LogP contribution in [0, 0.1) is 0 Å². The second kappa shape index (κ2) is 5.12. The Labute approximate surface area is 107 Å². The van der Waals surface area contributed by atoms with Crippen molar-refractivity contribution < 1.29 is 18.3 Å². The average Bonchev–Trinajstić information content (AvgIpc) is 2.80. The Kier molecular flexibility index (Phi) is 3.73. The zero-order valence-electron chi connectivity index (χ0n) is 9.32. The highest BCUT2D eigenvalue weighted by atomic mass is 32.1. The summed E-state index contributed by atoms with van der Waals surface area (Å²) in [5, 5.41) is 13.6. The SMILES string of the molecule is OC(Cc1ccsc1)c1ccccc1C(F)(F)F. The maximum Gasteiger partial charge on any atom is 0.416 e. The lowest BCUT2D eigenvalue weighted by atomic mass is 9.98. The van der Waals surface area contributed by atoms with Crippen molar-refractivity contribution in [2.45, 2.75) is 18.7 Å². The van der Waals surface area contributed by atoms with E-state index in [2.05, 4.69) is 0 Å². The van der Waals surface area contributed by atoms with Gasteiger partial charge in [0, 0.05) is 6.42 Å². The van der Waals surface area contributed by atoms with E-state index in [1.807, 2.05) is 10.8 Å². The molecule has 1 heterocycles. The van der Waals surface area contributed by atoms with Crippen LogP contribution in [0.4, 0.5) is 13.2 Å². The fourth-order valence-electron chi connectivity index (χ4n) is 1.79. The summed E-state index contributed by atoms with van der Waals surface area (Å²) in [4.78, 5) is 0. The highest BCUT2D eigenvalue weighted by Crippen LogP contribution is 2.35. The van der Waals surface area contributed by atoms with Crippen LogP contribution in [0.5, 0.6) is 0 Å². The zero-order chi connectivity index (χ0) is 13.2. The number of aliphatic hydroxyl groups excluding tert-OH is 1. The number of hydrogen-bond donors (Lipinski definition) is 1. The summed E-state index contributed by atoms with van der Waals surface area (Å²) in [6.07, 6.45) is -5.39. The lowest BCUT2D eigenvalue weighted by molar-refractivity contribution is -0.139. The number of hydrogen-bond acceptors (Lipinski definition) is 2. The van der Waals surface area contributed by atoms with Gasteiger partial charge < -0.3 is 5.11 Å². The largest absolute Gasteiger partial charge is 0.416 e. The van der Waals surface area contributed by atoms with E-state index in [0.29, 0.717) is 0 Å². The van der Waals surface area contributed by atoms with Gasteiger partial charge in [0.05, 0.1) is 11.7 Å². The van der Waals surface area contributed by atoms with Crippen LogP contribution in [0.3, 0.4) is 0 Å². The molecule has 96 valence electrons. The van der Waals surface area contributed by atoms with Gasteiger partial charge in [0.15, 0.2) is 0 Å². The third-order valence-electron chi connectivity index (χ3n) is 2.63. The molecule has 0 aliphatic heterocycles. The van der Waals surface area contributed by atoms with Gasteiger partial charge in [0.1, 0.15) is 0 Å². The Bertz CT molecular complexity index is 505. The second-order valence-electron chi connectivity index (χ2n) is 3.94. The van der Waals surface area contributed by atoms with Gasteiger partial charge in [-0.1, -0.05) is 18.2 Å². The lowest BCUT2D eigenvalue weighted by Crippen LogP contribution is -2.13. The third kappa shape index (κ3) is 2.91. The quantitative estimate of drug-likeness (QED) is 0.894. The molecule has 5 heteroatoms. The Morgan fingerprint density at radius 1 is 1.17 bits per heavy atom. The van der Waals surface area contributed by atoms with Crippen LogP contribution < -0.4 is 0 Å². The van der Waals surface area contributed by atoms with Crippen LogP contribution in [-0.4, -0.2) is 5.11 Å².